The van der Waals surface area contributed by atoms with Crippen molar-refractivity contribution in [1.82, 2.24) is 10.2 Å². The molecule has 1 fully saturated rings. The largest absolute Gasteiger partial charge is 0.412 e. The number of para-hydroxylation sites is 1. The van der Waals surface area contributed by atoms with E-state index in [2.05, 4.69) is 10.2 Å². The summed E-state index contributed by atoms with van der Waals surface area (Å²) in [6, 6.07) is 5.86. The third-order valence-electron chi connectivity index (χ3n) is 3.75. The van der Waals surface area contributed by atoms with Gasteiger partial charge in [0.05, 0.1) is 0 Å². The van der Waals surface area contributed by atoms with E-state index >= 15 is 0 Å². The van der Waals surface area contributed by atoms with Crippen molar-refractivity contribution < 1.29 is 9.53 Å². The number of ether oxygens (including phenoxy) is 1. The maximum absolute atomic E-state index is 11.8. The van der Waals surface area contributed by atoms with Crippen molar-refractivity contribution in [3.05, 3.63) is 29.3 Å². The van der Waals surface area contributed by atoms with Crippen molar-refractivity contribution in [2.24, 2.45) is 0 Å². The zero-order chi connectivity index (χ0) is 14.4. The van der Waals surface area contributed by atoms with Crippen LogP contribution in [-0.2, 0) is 0 Å². The van der Waals surface area contributed by atoms with E-state index in [0.29, 0.717) is 12.3 Å². The van der Waals surface area contributed by atoms with Gasteiger partial charge < -0.3 is 15.0 Å². The van der Waals surface area contributed by atoms with E-state index in [0.717, 1.165) is 30.8 Å². The molecule has 4 nitrogen and oxygen atoms in total. The average Bonchev–Trinajstić information content (AvgIpc) is 2.44. The highest BCUT2D eigenvalue weighted by molar-refractivity contribution is 5.71. The number of nitrogens with one attached hydrogen (secondary N) is 1. The molecule has 0 atom stereocenters. The number of benzene rings is 1. The van der Waals surface area contributed by atoms with Gasteiger partial charge in [0, 0.05) is 13.1 Å². The molecule has 0 saturated carbocycles. The van der Waals surface area contributed by atoms with Crippen molar-refractivity contribution in [3.63, 3.8) is 0 Å². The maximum atomic E-state index is 11.8. The number of hydrogen-bond acceptors (Lipinski definition) is 3. The van der Waals surface area contributed by atoms with Gasteiger partial charge >= 0.3 is 6.09 Å². The molecule has 1 aromatic carbocycles. The predicted octanol–water partition coefficient (Wildman–Crippen LogP) is 2.88. The molecule has 1 saturated heterocycles. The van der Waals surface area contributed by atoms with Crippen molar-refractivity contribution >= 4 is 6.09 Å². The first-order valence-electron chi connectivity index (χ1n) is 7.41. The first kappa shape index (κ1) is 14.9. The van der Waals surface area contributed by atoms with Crippen LogP contribution in [0.4, 0.5) is 4.79 Å². The molecule has 2 rings (SSSR count). The molecule has 4 heteroatoms. The van der Waals surface area contributed by atoms with Crippen LogP contribution in [0, 0.1) is 13.8 Å². The Kier molecular flexibility index (Phi) is 5.41. The molecule has 0 radical (unpaired) electrons. The molecule has 1 aromatic rings. The number of aryl methyl sites for hydroxylation is 2. The number of amides is 1. The zero-order valence-electron chi connectivity index (χ0n) is 12.4. The molecule has 20 heavy (non-hydrogen) atoms. The predicted molar refractivity (Wildman–Crippen MR) is 80.2 cm³/mol. The molecule has 0 bridgehead atoms. The second kappa shape index (κ2) is 7.29. The minimum Gasteiger partial charge on any atom is -0.410 e. The van der Waals surface area contributed by atoms with Crippen LogP contribution >= 0.6 is 0 Å². The number of hydrogen-bond donors (Lipinski definition) is 1. The van der Waals surface area contributed by atoms with Crippen molar-refractivity contribution in [2.75, 3.05) is 26.2 Å². The van der Waals surface area contributed by atoms with Crippen LogP contribution in [-0.4, -0.2) is 37.2 Å². The average molecular weight is 276 g/mol. The summed E-state index contributed by atoms with van der Waals surface area (Å²) < 4.78 is 5.40. The molecule has 0 spiro atoms. The molecular formula is C16H24N2O2. The smallest absolute Gasteiger partial charge is 0.410 e. The number of carbonyl (C=O) groups is 1. The Bertz CT molecular complexity index is 434. The van der Waals surface area contributed by atoms with Gasteiger partial charge in [-0.25, -0.2) is 4.79 Å². The van der Waals surface area contributed by atoms with Crippen molar-refractivity contribution in [2.45, 2.75) is 33.1 Å². The second-order valence-electron chi connectivity index (χ2n) is 5.44. The fourth-order valence-electron chi connectivity index (χ4n) is 2.59. The first-order valence-corrected chi connectivity index (χ1v) is 7.41. The lowest BCUT2D eigenvalue weighted by molar-refractivity contribution is 0.192. The summed E-state index contributed by atoms with van der Waals surface area (Å²) in [7, 11) is 0. The Morgan fingerprint density at radius 3 is 2.50 bits per heavy atom. The summed E-state index contributed by atoms with van der Waals surface area (Å²) in [6.45, 7) is 7.74. The molecule has 0 unspecified atom stereocenters. The first-order chi connectivity index (χ1) is 9.66. The molecule has 1 amide bonds. The Labute approximate surface area is 121 Å². The summed E-state index contributed by atoms with van der Waals surface area (Å²) in [5.41, 5.74) is 1.97. The van der Waals surface area contributed by atoms with Crippen LogP contribution in [0.15, 0.2) is 18.2 Å². The topological polar surface area (TPSA) is 41.6 Å². The zero-order valence-corrected chi connectivity index (χ0v) is 12.4. The van der Waals surface area contributed by atoms with Gasteiger partial charge in [0.25, 0.3) is 0 Å². The molecular weight excluding hydrogens is 252 g/mol. The van der Waals surface area contributed by atoms with Gasteiger partial charge in [-0.3, -0.25) is 0 Å². The number of carbonyl (C=O) groups excluding carboxylic acids is 1. The van der Waals surface area contributed by atoms with Crippen LogP contribution in [0.25, 0.3) is 0 Å². The molecule has 0 aromatic heterocycles. The van der Waals surface area contributed by atoms with Gasteiger partial charge in [0.2, 0.25) is 0 Å². The van der Waals surface area contributed by atoms with E-state index in [1.54, 1.807) is 0 Å². The molecule has 1 aliphatic rings. The second-order valence-corrected chi connectivity index (χ2v) is 5.44. The highest BCUT2D eigenvalue weighted by Crippen LogP contribution is 2.22. The van der Waals surface area contributed by atoms with Crippen LogP contribution in [0.2, 0.25) is 0 Å². The van der Waals surface area contributed by atoms with E-state index in [4.69, 9.17) is 4.74 Å². The molecule has 1 heterocycles. The minimum absolute atomic E-state index is 0.362. The number of rotatable bonds is 4. The highest BCUT2D eigenvalue weighted by Gasteiger charge is 2.12. The van der Waals surface area contributed by atoms with Crippen LogP contribution < -0.4 is 10.1 Å². The standard InChI is InChI=1S/C16H24N2O2/c1-13-7-6-8-14(2)15(13)20-16(19)17-9-12-18-10-4-3-5-11-18/h6-8H,3-5,9-12H2,1-2H3,(H,17,19). The summed E-state index contributed by atoms with van der Waals surface area (Å²) in [5.74, 6) is 0.669. The highest BCUT2D eigenvalue weighted by atomic mass is 16.6. The van der Waals surface area contributed by atoms with Gasteiger partial charge in [0.1, 0.15) is 5.75 Å². The fourth-order valence-corrected chi connectivity index (χ4v) is 2.59. The van der Waals surface area contributed by atoms with Crippen LogP contribution in [0.1, 0.15) is 30.4 Å². The third kappa shape index (κ3) is 4.23. The summed E-state index contributed by atoms with van der Waals surface area (Å²) in [5, 5.41) is 2.83. The van der Waals surface area contributed by atoms with Crippen LogP contribution in [0.5, 0.6) is 5.75 Å². The Hall–Kier alpha value is -1.55. The van der Waals surface area contributed by atoms with Gasteiger partial charge in [-0.05, 0) is 50.9 Å². The van der Waals surface area contributed by atoms with Crippen LogP contribution in [0.3, 0.4) is 0 Å². The Morgan fingerprint density at radius 2 is 1.85 bits per heavy atom. The SMILES string of the molecule is Cc1cccc(C)c1OC(=O)NCCN1CCCCC1. The van der Waals surface area contributed by atoms with Crippen molar-refractivity contribution in [1.29, 1.82) is 0 Å². The minimum atomic E-state index is -0.362. The van der Waals surface area contributed by atoms with E-state index < -0.39 is 0 Å². The quantitative estimate of drug-likeness (QED) is 0.919. The lowest BCUT2D eigenvalue weighted by Gasteiger charge is -2.26. The maximum Gasteiger partial charge on any atom is 0.412 e. The summed E-state index contributed by atoms with van der Waals surface area (Å²) in [6.07, 6.45) is 3.51. The molecule has 0 aliphatic carbocycles. The molecule has 1 aliphatic heterocycles. The van der Waals surface area contributed by atoms with Crippen molar-refractivity contribution in [3.8, 4) is 5.75 Å². The number of likely N-dealkylation sites (tertiary alicyclic amines) is 1. The summed E-state index contributed by atoms with van der Waals surface area (Å²) in [4.78, 5) is 14.2. The summed E-state index contributed by atoms with van der Waals surface area (Å²) >= 11 is 0. The van der Waals surface area contributed by atoms with Gasteiger partial charge in [0.15, 0.2) is 0 Å². The van der Waals surface area contributed by atoms with E-state index in [-0.39, 0.29) is 6.09 Å². The van der Waals surface area contributed by atoms with E-state index in [1.165, 1.54) is 19.3 Å². The Balaban J connectivity index is 1.75. The lowest BCUT2D eigenvalue weighted by atomic mass is 10.1. The fraction of sp³-hybridized carbons (Fsp3) is 0.562. The van der Waals surface area contributed by atoms with E-state index in [9.17, 15) is 4.79 Å². The third-order valence-corrected chi connectivity index (χ3v) is 3.75. The number of nitrogens with zero attached hydrogens (tertiary/aromatic N) is 1. The molecule has 110 valence electrons. The normalized spacial score (nSPS) is 15.9. The molecule has 1 N–H and O–H groups in total. The lowest BCUT2D eigenvalue weighted by Crippen LogP contribution is -2.38. The van der Waals surface area contributed by atoms with E-state index in [1.807, 2.05) is 32.0 Å². The van der Waals surface area contributed by atoms with Gasteiger partial charge in [-0.15, -0.1) is 0 Å². The van der Waals surface area contributed by atoms with Gasteiger partial charge in [-0.2, -0.15) is 0 Å². The number of piperidine rings is 1. The Morgan fingerprint density at radius 1 is 1.20 bits per heavy atom. The monoisotopic (exact) mass is 276 g/mol. The van der Waals surface area contributed by atoms with Gasteiger partial charge in [-0.1, -0.05) is 24.6 Å².